The van der Waals surface area contributed by atoms with Gasteiger partial charge in [-0.25, -0.2) is 8.78 Å². The Balaban J connectivity index is 2.72. The van der Waals surface area contributed by atoms with E-state index in [1.54, 1.807) is 19.9 Å². The Morgan fingerprint density at radius 3 is 2.30 bits per heavy atom. The fraction of sp³-hybridized carbons (Fsp3) is 0.680. The van der Waals surface area contributed by atoms with Gasteiger partial charge in [-0.3, -0.25) is 0 Å². The third-order valence-electron chi connectivity index (χ3n) is 5.62. The summed E-state index contributed by atoms with van der Waals surface area (Å²) < 4.78 is 45.4. The molecule has 1 fully saturated rings. The molecule has 0 aromatic rings. The van der Waals surface area contributed by atoms with E-state index < -0.39 is 11.7 Å². The second kappa shape index (κ2) is 14.4. The lowest BCUT2D eigenvalue weighted by molar-refractivity contribution is -0.0383. The van der Waals surface area contributed by atoms with Gasteiger partial charge < -0.3 is 14.2 Å². The van der Waals surface area contributed by atoms with Gasteiger partial charge in [0.2, 0.25) is 0 Å². The monoisotopic (exact) mass is 426 g/mol. The smallest absolute Gasteiger partial charge is 0.196 e. The highest BCUT2D eigenvalue weighted by Crippen LogP contribution is 2.28. The molecule has 0 amide bonds. The van der Waals surface area contributed by atoms with Crippen molar-refractivity contribution < 1.29 is 23.0 Å². The van der Waals surface area contributed by atoms with E-state index in [1.807, 2.05) is 13.0 Å². The Labute approximate surface area is 181 Å². The average Bonchev–Trinajstić information content (AvgIpc) is 2.77. The minimum atomic E-state index is -0.951. The number of allylic oxidation sites excluding steroid dienone is 8. The Hall–Kier alpha value is -1.62. The van der Waals surface area contributed by atoms with Crippen molar-refractivity contribution in [3.63, 3.8) is 0 Å². The van der Waals surface area contributed by atoms with Gasteiger partial charge in [-0.05, 0) is 56.8 Å². The minimum absolute atomic E-state index is 0.0639. The first kappa shape index (κ1) is 26.4. The van der Waals surface area contributed by atoms with Crippen molar-refractivity contribution in [1.82, 2.24) is 0 Å². The van der Waals surface area contributed by atoms with Gasteiger partial charge in [0, 0.05) is 12.3 Å². The third kappa shape index (κ3) is 8.63. The van der Waals surface area contributed by atoms with Crippen molar-refractivity contribution in [2.45, 2.75) is 85.7 Å². The SMILES string of the molecule is CCCCC1CCC(CO/C(=C/C=C(C)/C(CC)=C(F)/C(F)=C(\C)OC)CC)CO1. The number of ether oxygens (including phenoxy) is 3. The van der Waals surface area contributed by atoms with E-state index in [-0.39, 0.29) is 5.76 Å². The molecule has 5 heteroatoms. The van der Waals surface area contributed by atoms with Crippen LogP contribution in [0.3, 0.4) is 0 Å². The summed E-state index contributed by atoms with van der Waals surface area (Å²) in [6, 6.07) is 0. The molecule has 30 heavy (non-hydrogen) atoms. The van der Waals surface area contributed by atoms with Crippen LogP contribution in [0.4, 0.5) is 8.78 Å². The van der Waals surface area contributed by atoms with Crippen LogP contribution in [0, 0.1) is 5.92 Å². The molecule has 2 unspecified atom stereocenters. The molecule has 0 spiro atoms. The quantitative estimate of drug-likeness (QED) is 0.236. The van der Waals surface area contributed by atoms with Crippen molar-refractivity contribution in [3.8, 4) is 0 Å². The topological polar surface area (TPSA) is 27.7 Å². The first-order chi connectivity index (χ1) is 14.4. The summed E-state index contributed by atoms with van der Waals surface area (Å²) in [5.41, 5.74) is 0.998. The summed E-state index contributed by atoms with van der Waals surface area (Å²) in [5, 5.41) is 0. The summed E-state index contributed by atoms with van der Waals surface area (Å²) in [6.45, 7) is 10.6. The zero-order valence-corrected chi connectivity index (χ0v) is 19.7. The number of hydrogen-bond acceptors (Lipinski definition) is 3. The van der Waals surface area contributed by atoms with E-state index in [9.17, 15) is 8.78 Å². The van der Waals surface area contributed by atoms with Gasteiger partial charge in [-0.15, -0.1) is 0 Å². The van der Waals surface area contributed by atoms with Crippen molar-refractivity contribution >= 4 is 0 Å². The highest BCUT2D eigenvalue weighted by molar-refractivity contribution is 5.40. The lowest BCUT2D eigenvalue weighted by atomic mass is 9.96. The Morgan fingerprint density at radius 1 is 1.03 bits per heavy atom. The highest BCUT2D eigenvalue weighted by atomic mass is 19.2. The molecule has 1 saturated heterocycles. The summed E-state index contributed by atoms with van der Waals surface area (Å²) >= 11 is 0. The Morgan fingerprint density at radius 2 is 1.77 bits per heavy atom. The third-order valence-corrected chi connectivity index (χ3v) is 5.62. The molecule has 0 radical (unpaired) electrons. The van der Waals surface area contributed by atoms with Gasteiger partial charge in [0.1, 0.15) is 5.76 Å². The predicted octanol–water partition coefficient (Wildman–Crippen LogP) is 7.71. The standard InChI is InChI=1S/C25H40F2O3/c1-7-10-11-22-15-13-20(17-30-22)16-29-21(8-2)14-12-18(4)23(9-3)25(27)24(26)19(5)28-6/h12,14,20,22H,7-11,13,15-17H2,1-6H3/b18-12+,21-14+,24-19-,25-23-. The molecule has 1 aliphatic rings. The molecule has 0 aromatic carbocycles. The van der Waals surface area contributed by atoms with Crippen LogP contribution in [-0.2, 0) is 14.2 Å². The summed E-state index contributed by atoms with van der Waals surface area (Å²) in [5.74, 6) is -0.640. The molecule has 1 heterocycles. The van der Waals surface area contributed by atoms with E-state index >= 15 is 0 Å². The number of rotatable bonds is 12. The first-order valence-corrected chi connectivity index (χ1v) is 11.3. The molecule has 0 aliphatic carbocycles. The molecule has 172 valence electrons. The molecule has 3 nitrogen and oxygen atoms in total. The van der Waals surface area contributed by atoms with Crippen LogP contribution in [0.15, 0.2) is 46.5 Å². The lowest BCUT2D eigenvalue weighted by Gasteiger charge is -2.29. The van der Waals surface area contributed by atoms with Gasteiger partial charge in [0.25, 0.3) is 0 Å². The van der Waals surface area contributed by atoms with E-state index in [0.29, 0.717) is 36.2 Å². The second-order valence-corrected chi connectivity index (χ2v) is 7.91. The van der Waals surface area contributed by atoms with Crippen LogP contribution in [0.5, 0.6) is 0 Å². The second-order valence-electron chi connectivity index (χ2n) is 7.91. The van der Waals surface area contributed by atoms with Crippen LogP contribution >= 0.6 is 0 Å². The molecular formula is C25H40F2O3. The molecule has 0 bridgehead atoms. The van der Waals surface area contributed by atoms with E-state index in [1.165, 1.54) is 26.9 Å². The van der Waals surface area contributed by atoms with Gasteiger partial charge in [-0.2, -0.15) is 0 Å². The van der Waals surface area contributed by atoms with E-state index in [4.69, 9.17) is 14.2 Å². The first-order valence-electron chi connectivity index (χ1n) is 11.3. The van der Waals surface area contributed by atoms with Crippen LogP contribution < -0.4 is 0 Å². The van der Waals surface area contributed by atoms with Gasteiger partial charge in [0.05, 0.1) is 32.2 Å². The minimum Gasteiger partial charge on any atom is -0.498 e. The maximum atomic E-state index is 14.5. The fourth-order valence-corrected chi connectivity index (χ4v) is 3.45. The van der Waals surface area contributed by atoms with Gasteiger partial charge in [-0.1, -0.05) is 39.7 Å². The van der Waals surface area contributed by atoms with Crippen LogP contribution in [0.1, 0.15) is 79.6 Å². The normalized spacial score (nSPS) is 22.4. The van der Waals surface area contributed by atoms with E-state index in [2.05, 4.69) is 6.92 Å². The van der Waals surface area contributed by atoms with Crippen molar-refractivity contribution in [3.05, 3.63) is 46.5 Å². The van der Waals surface area contributed by atoms with Crippen molar-refractivity contribution in [2.24, 2.45) is 5.92 Å². The largest absolute Gasteiger partial charge is 0.498 e. The summed E-state index contributed by atoms with van der Waals surface area (Å²) in [6.07, 6.45) is 11.0. The number of unbranched alkanes of at least 4 members (excludes halogenated alkanes) is 1. The predicted molar refractivity (Wildman–Crippen MR) is 119 cm³/mol. The van der Waals surface area contributed by atoms with Crippen LogP contribution in [-0.4, -0.2) is 26.4 Å². The van der Waals surface area contributed by atoms with Crippen molar-refractivity contribution in [1.29, 1.82) is 0 Å². The van der Waals surface area contributed by atoms with E-state index in [0.717, 1.165) is 38.0 Å². The van der Waals surface area contributed by atoms with Crippen LogP contribution in [0.2, 0.25) is 0 Å². The Bertz CT molecular complexity index is 639. The molecule has 1 aliphatic heterocycles. The molecule has 0 N–H and O–H groups in total. The molecule has 2 atom stereocenters. The molecule has 0 saturated carbocycles. The maximum absolute atomic E-state index is 14.5. The fourth-order valence-electron chi connectivity index (χ4n) is 3.45. The average molecular weight is 427 g/mol. The molecule has 0 aromatic heterocycles. The lowest BCUT2D eigenvalue weighted by Crippen LogP contribution is -2.28. The highest BCUT2D eigenvalue weighted by Gasteiger charge is 2.22. The summed E-state index contributed by atoms with van der Waals surface area (Å²) in [7, 11) is 1.33. The van der Waals surface area contributed by atoms with Gasteiger partial charge >= 0.3 is 0 Å². The Kier molecular flexibility index (Phi) is 12.7. The zero-order chi connectivity index (χ0) is 22.5. The molecule has 1 rings (SSSR count). The summed E-state index contributed by atoms with van der Waals surface area (Å²) in [4.78, 5) is 0. The number of hydrogen-bond donors (Lipinski definition) is 0. The maximum Gasteiger partial charge on any atom is 0.196 e. The van der Waals surface area contributed by atoms with Crippen molar-refractivity contribution in [2.75, 3.05) is 20.3 Å². The number of methoxy groups -OCH3 is 1. The number of halogens is 2. The van der Waals surface area contributed by atoms with Crippen LogP contribution in [0.25, 0.3) is 0 Å². The zero-order valence-electron chi connectivity index (χ0n) is 19.7. The van der Waals surface area contributed by atoms with Gasteiger partial charge in [0.15, 0.2) is 11.7 Å². The molecular weight excluding hydrogens is 386 g/mol.